The molecule has 1 fully saturated rings. The Morgan fingerprint density at radius 3 is 2.61 bits per heavy atom. The van der Waals surface area contributed by atoms with Crippen LogP contribution in [0.15, 0.2) is 36.5 Å². The van der Waals surface area contributed by atoms with Gasteiger partial charge in [-0.15, -0.1) is 5.10 Å². The van der Waals surface area contributed by atoms with E-state index in [1.165, 1.54) is 0 Å². The number of hydrogen-bond donors (Lipinski definition) is 5. The van der Waals surface area contributed by atoms with Crippen LogP contribution >= 0.6 is 0 Å². The minimum absolute atomic E-state index is 0.184. The summed E-state index contributed by atoms with van der Waals surface area (Å²) < 4.78 is 17.9. The number of aliphatic hydroxyl groups excluding tert-OH is 4. The Bertz CT molecular complexity index is 776. The molecule has 11 heteroatoms. The second-order valence-corrected chi connectivity index (χ2v) is 7.42. The van der Waals surface area contributed by atoms with Gasteiger partial charge in [0.15, 0.2) is 6.29 Å². The molecule has 1 aliphatic rings. The third-order valence-corrected chi connectivity index (χ3v) is 5.01. The average Bonchev–Trinajstić information content (AvgIpc) is 3.23. The molecule has 0 amide bonds. The Morgan fingerprint density at radius 2 is 1.87 bits per heavy atom. The SMILES string of the molecule is NC(Cn1cc(COCCCOC2OC(CO)C(O)C(O)C2O)nn1)c1ccccc1. The fraction of sp³-hybridized carbons (Fsp3) is 0.600. The highest BCUT2D eigenvalue weighted by atomic mass is 16.7. The van der Waals surface area contributed by atoms with Crippen LogP contribution in [0.2, 0.25) is 0 Å². The van der Waals surface area contributed by atoms with Crippen molar-refractivity contribution in [2.45, 2.75) is 56.3 Å². The van der Waals surface area contributed by atoms with Crippen LogP contribution in [0.1, 0.15) is 23.7 Å². The molecule has 0 saturated carbocycles. The van der Waals surface area contributed by atoms with Crippen LogP contribution in [-0.2, 0) is 27.4 Å². The Balaban J connectivity index is 1.33. The van der Waals surface area contributed by atoms with E-state index in [9.17, 15) is 15.3 Å². The Morgan fingerprint density at radius 1 is 1.10 bits per heavy atom. The second-order valence-electron chi connectivity index (χ2n) is 7.42. The van der Waals surface area contributed by atoms with Gasteiger partial charge in [0.05, 0.1) is 32.6 Å². The maximum atomic E-state index is 9.91. The van der Waals surface area contributed by atoms with Crippen molar-refractivity contribution in [2.24, 2.45) is 5.73 Å². The highest BCUT2D eigenvalue weighted by Gasteiger charge is 2.43. The first-order chi connectivity index (χ1) is 15.0. The van der Waals surface area contributed by atoms with Crippen molar-refractivity contribution in [2.75, 3.05) is 19.8 Å². The molecule has 1 aromatic carbocycles. The Hall–Kier alpha value is -1.96. The normalized spacial score (nSPS) is 27.3. The molecular weight excluding hydrogens is 408 g/mol. The summed E-state index contributed by atoms with van der Waals surface area (Å²) in [6.45, 7) is 0.852. The lowest BCUT2D eigenvalue weighted by molar-refractivity contribution is -0.301. The molecule has 3 rings (SSSR count). The molecule has 0 bridgehead atoms. The van der Waals surface area contributed by atoms with E-state index in [1.54, 1.807) is 10.9 Å². The van der Waals surface area contributed by atoms with Crippen LogP contribution in [0.25, 0.3) is 0 Å². The van der Waals surface area contributed by atoms with Gasteiger partial charge in [-0.05, 0) is 12.0 Å². The van der Waals surface area contributed by atoms with E-state index in [2.05, 4.69) is 10.3 Å². The van der Waals surface area contributed by atoms with E-state index < -0.39 is 37.3 Å². The van der Waals surface area contributed by atoms with Gasteiger partial charge in [-0.3, -0.25) is 4.68 Å². The number of aromatic nitrogens is 3. The van der Waals surface area contributed by atoms with Gasteiger partial charge in [0.2, 0.25) is 0 Å². The van der Waals surface area contributed by atoms with Crippen LogP contribution in [-0.4, -0.2) is 85.9 Å². The van der Waals surface area contributed by atoms with Crippen molar-refractivity contribution in [1.82, 2.24) is 15.0 Å². The average molecular weight is 438 g/mol. The lowest BCUT2D eigenvalue weighted by atomic mass is 9.99. The largest absolute Gasteiger partial charge is 0.394 e. The molecule has 0 aliphatic carbocycles. The van der Waals surface area contributed by atoms with Gasteiger partial charge in [0, 0.05) is 12.6 Å². The van der Waals surface area contributed by atoms with E-state index in [0.29, 0.717) is 25.3 Å². The number of hydrogen-bond acceptors (Lipinski definition) is 10. The summed E-state index contributed by atoms with van der Waals surface area (Å²) in [6, 6.07) is 9.58. The Labute approximate surface area is 180 Å². The van der Waals surface area contributed by atoms with Crippen LogP contribution in [0.3, 0.4) is 0 Å². The van der Waals surface area contributed by atoms with Crippen molar-refractivity contribution in [1.29, 1.82) is 0 Å². The van der Waals surface area contributed by atoms with Crippen LogP contribution in [0, 0.1) is 0 Å². The molecule has 6 N–H and O–H groups in total. The molecule has 0 radical (unpaired) electrons. The van der Waals surface area contributed by atoms with E-state index in [1.807, 2.05) is 30.3 Å². The summed E-state index contributed by atoms with van der Waals surface area (Å²) in [6.07, 6.45) is -4.10. The number of benzene rings is 1. The van der Waals surface area contributed by atoms with Gasteiger partial charge in [0.1, 0.15) is 30.1 Å². The zero-order valence-corrected chi connectivity index (χ0v) is 17.1. The number of nitrogens with zero attached hydrogens (tertiary/aromatic N) is 3. The quantitative estimate of drug-likeness (QED) is 0.266. The lowest BCUT2D eigenvalue weighted by Crippen LogP contribution is -2.59. The summed E-state index contributed by atoms with van der Waals surface area (Å²) in [5, 5.41) is 46.7. The monoisotopic (exact) mass is 438 g/mol. The van der Waals surface area contributed by atoms with Gasteiger partial charge in [0.25, 0.3) is 0 Å². The first kappa shape index (κ1) is 23.7. The van der Waals surface area contributed by atoms with E-state index in [-0.39, 0.29) is 19.3 Å². The number of ether oxygens (including phenoxy) is 3. The molecule has 6 atom stereocenters. The molecule has 1 saturated heterocycles. The molecule has 2 heterocycles. The summed E-state index contributed by atoms with van der Waals surface area (Å²) >= 11 is 0. The molecule has 11 nitrogen and oxygen atoms in total. The van der Waals surface area contributed by atoms with Gasteiger partial charge < -0.3 is 40.4 Å². The number of rotatable bonds is 11. The van der Waals surface area contributed by atoms with E-state index in [0.717, 1.165) is 5.56 Å². The van der Waals surface area contributed by atoms with E-state index >= 15 is 0 Å². The van der Waals surface area contributed by atoms with Crippen molar-refractivity contribution in [3.8, 4) is 0 Å². The lowest BCUT2D eigenvalue weighted by Gasteiger charge is -2.39. The standard InChI is InChI=1S/C20H30N4O7/c21-15(13-5-2-1-3-6-13)10-24-9-14(22-23-24)12-29-7-4-8-30-20-19(28)18(27)17(26)16(11-25)31-20/h1-3,5-6,9,15-20,25-28H,4,7-8,10-12,21H2. The van der Waals surface area contributed by atoms with Gasteiger partial charge in [-0.25, -0.2) is 0 Å². The maximum absolute atomic E-state index is 9.91. The van der Waals surface area contributed by atoms with Crippen LogP contribution in [0.4, 0.5) is 0 Å². The highest BCUT2D eigenvalue weighted by molar-refractivity contribution is 5.18. The van der Waals surface area contributed by atoms with Crippen molar-refractivity contribution in [3.63, 3.8) is 0 Å². The summed E-state index contributed by atoms with van der Waals surface area (Å²) in [5.41, 5.74) is 7.89. The van der Waals surface area contributed by atoms with Gasteiger partial charge in [-0.1, -0.05) is 35.5 Å². The molecule has 1 aliphatic heterocycles. The minimum Gasteiger partial charge on any atom is -0.394 e. The molecule has 2 aromatic rings. The fourth-order valence-electron chi connectivity index (χ4n) is 3.24. The summed E-state index contributed by atoms with van der Waals surface area (Å²) in [7, 11) is 0. The topological polar surface area (TPSA) is 165 Å². The predicted molar refractivity (Wildman–Crippen MR) is 107 cm³/mol. The van der Waals surface area contributed by atoms with Crippen LogP contribution in [0.5, 0.6) is 0 Å². The Kier molecular flexibility index (Phi) is 8.87. The van der Waals surface area contributed by atoms with Gasteiger partial charge >= 0.3 is 0 Å². The zero-order valence-electron chi connectivity index (χ0n) is 17.1. The first-order valence-corrected chi connectivity index (χ1v) is 10.2. The molecule has 31 heavy (non-hydrogen) atoms. The van der Waals surface area contributed by atoms with Crippen LogP contribution < -0.4 is 5.73 Å². The molecule has 0 spiro atoms. The number of nitrogens with two attached hydrogens (primary N) is 1. The molecule has 172 valence electrons. The van der Waals surface area contributed by atoms with Crippen molar-refractivity contribution < 1.29 is 34.6 Å². The molecular formula is C20H30N4O7. The van der Waals surface area contributed by atoms with Crippen molar-refractivity contribution in [3.05, 3.63) is 47.8 Å². The fourth-order valence-corrected chi connectivity index (χ4v) is 3.24. The van der Waals surface area contributed by atoms with Gasteiger partial charge in [-0.2, -0.15) is 0 Å². The summed E-state index contributed by atoms with van der Waals surface area (Å²) in [4.78, 5) is 0. The molecule has 6 unspecified atom stereocenters. The first-order valence-electron chi connectivity index (χ1n) is 10.2. The third-order valence-electron chi connectivity index (χ3n) is 5.01. The third kappa shape index (κ3) is 6.51. The molecule has 1 aromatic heterocycles. The highest BCUT2D eigenvalue weighted by Crippen LogP contribution is 2.22. The number of aliphatic hydroxyl groups is 4. The zero-order chi connectivity index (χ0) is 22.2. The van der Waals surface area contributed by atoms with E-state index in [4.69, 9.17) is 25.1 Å². The predicted octanol–water partition coefficient (Wildman–Crippen LogP) is -1.30. The minimum atomic E-state index is -1.45. The summed E-state index contributed by atoms with van der Waals surface area (Å²) in [5.74, 6) is 0. The van der Waals surface area contributed by atoms with Crippen molar-refractivity contribution >= 4 is 0 Å². The maximum Gasteiger partial charge on any atom is 0.186 e. The second kappa shape index (κ2) is 11.6. The smallest absolute Gasteiger partial charge is 0.186 e.